The lowest BCUT2D eigenvalue weighted by Crippen LogP contribution is -2.11. The van der Waals surface area contributed by atoms with Crippen LogP contribution in [0.4, 0.5) is 11.4 Å². The topological polar surface area (TPSA) is 24.7 Å². The molecule has 10 aromatic rings. The van der Waals surface area contributed by atoms with Gasteiger partial charge in [-0.25, -0.2) is 9.98 Å². The number of para-hydroxylation sites is 2. The predicted molar refractivity (Wildman–Crippen MR) is 253 cm³/mol. The molecule has 0 bridgehead atoms. The number of hydrogen-bond acceptors (Lipinski definition) is 2. The van der Waals surface area contributed by atoms with Crippen LogP contribution in [0.3, 0.4) is 0 Å². The van der Waals surface area contributed by atoms with Gasteiger partial charge in [0.2, 0.25) is 0 Å². The van der Waals surface area contributed by atoms with Crippen molar-refractivity contribution >= 4 is 44.3 Å². The minimum atomic E-state index is 0.884. The summed E-state index contributed by atoms with van der Waals surface area (Å²) in [6, 6.07) is 82.2. The second kappa shape index (κ2) is 15.1. The Balaban J connectivity index is 1.03. The molecule has 280 valence electrons. The molecule has 1 heterocycles. The average molecular weight is 763 g/mol. The van der Waals surface area contributed by atoms with Crippen molar-refractivity contribution in [2.45, 2.75) is 0 Å². The van der Waals surface area contributed by atoms with Crippen molar-refractivity contribution in [1.29, 1.82) is 0 Å². The zero-order valence-corrected chi connectivity index (χ0v) is 32.8. The Morgan fingerprint density at radius 3 is 0.867 bits per heavy atom. The fraction of sp³-hybridized carbons (Fsp3) is 0. The maximum atomic E-state index is 5.60. The van der Waals surface area contributed by atoms with Gasteiger partial charge in [-0.1, -0.05) is 218 Å². The van der Waals surface area contributed by atoms with E-state index in [-0.39, 0.29) is 0 Å². The van der Waals surface area contributed by atoms with Gasteiger partial charge >= 0.3 is 0 Å². The van der Waals surface area contributed by atoms with E-state index in [0.717, 1.165) is 55.8 Å². The standard InChI is InChI=1S/C58H38N2/c1-3-15-39(16-4-1)41-31-35-43(36-32-41)45-21-11-25-49-47(45)23-13-27-51(49)57-53-19-7-9-29-55(53)60-58(54-20-8-10-30-56(54)59-57)52-28-14-24-48-46(22-12-26-50(48)52)44-37-33-42(34-38-44)40-17-5-2-6-18-40/h1-38H/b57-53?,58-54?,59-56?,59-57-,60-55?,60-58-. The maximum absolute atomic E-state index is 5.60. The van der Waals surface area contributed by atoms with Crippen LogP contribution in [0, 0.1) is 0 Å². The molecule has 0 atom stereocenters. The molecule has 0 spiro atoms. The van der Waals surface area contributed by atoms with Crippen molar-refractivity contribution in [1.82, 2.24) is 0 Å². The average Bonchev–Trinajstić information content (AvgIpc) is 3.32. The molecule has 0 unspecified atom stereocenters. The molecule has 1 aliphatic rings. The molecule has 10 aromatic carbocycles. The lowest BCUT2D eigenvalue weighted by Gasteiger charge is -2.20. The zero-order chi connectivity index (χ0) is 39.8. The van der Waals surface area contributed by atoms with Gasteiger partial charge in [0.15, 0.2) is 0 Å². The first-order valence-corrected chi connectivity index (χ1v) is 20.5. The zero-order valence-electron chi connectivity index (χ0n) is 32.8. The highest BCUT2D eigenvalue weighted by molar-refractivity contribution is 6.28. The molecule has 0 saturated heterocycles. The fourth-order valence-corrected chi connectivity index (χ4v) is 8.80. The van der Waals surface area contributed by atoms with E-state index < -0.39 is 0 Å². The molecule has 0 amide bonds. The van der Waals surface area contributed by atoms with Crippen LogP contribution >= 0.6 is 0 Å². The highest BCUT2D eigenvalue weighted by atomic mass is 14.8. The summed E-state index contributed by atoms with van der Waals surface area (Å²) in [5.74, 6) is 0. The molecule has 0 radical (unpaired) electrons. The van der Waals surface area contributed by atoms with Crippen molar-refractivity contribution in [3.8, 4) is 44.5 Å². The number of rotatable bonds is 6. The second-order valence-corrected chi connectivity index (χ2v) is 15.3. The van der Waals surface area contributed by atoms with Crippen LogP contribution in [0.15, 0.2) is 241 Å². The van der Waals surface area contributed by atoms with Gasteiger partial charge in [0.1, 0.15) is 0 Å². The number of nitrogens with zero attached hydrogens (tertiary/aromatic N) is 2. The quantitative estimate of drug-likeness (QED) is 0.161. The summed E-state index contributed by atoms with van der Waals surface area (Å²) in [4.78, 5) is 11.2. The number of benzene rings is 10. The van der Waals surface area contributed by atoms with E-state index in [2.05, 4.69) is 231 Å². The van der Waals surface area contributed by atoms with Crippen molar-refractivity contribution in [2.24, 2.45) is 9.98 Å². The van der Waals surface area contributed by atoms with E-state index in [1.54, 1.807) is 0 Å². The van der Waals surface area contributed by atoms with E-state index >= 15 is 0 Å². The Bertz CT molecular complexity index is 3040. The first-order valence-electron chi connectivity index (χ1n) is 20.5. The number of hydrogen-bond donors (Lipinski definition) is 0. The Morgan fingerprint density at radius 1 is 0.183 bits per heavy atom. The van der Waals surface area contributed by atoms with Gasteiger partial charge in [-0.3, -0.25) is 0 Å². The lowest BCUT2D eigenvalue weighted by atomic mass is 9.89. The summed E-state index contributed by atoms with van der Waals surface area (Å²) in [7, 11) is 0. The van der Waals surface area contributed by atoms with Crippen LogP contribution in [-0.2, 0) is 0 Å². The number of aliphatic imine (C=N–C) groups is 2. The van der Waals surface area contributed by atoms with E-state index in [0.29, 0.717) is 0 Å². The smallest absolute Gasteiger partial charge is 0.0809 e. The van der Waals surface area contributed by atoms with Crippen molar-refractivity contribution in [2.75, 3.05) is 0 Å². The van der Waals surface area contributed by atoms with Gasteiger partial charge in [-0.05, 0) is 78.2 Å². The Hall–Kier alpha value is -7.94. The normalized spacial score (nSPS) is 13.9. The maximum Gasteiger partial charge on any atom is 0.0809 e. The van der Waals surface area contributed by atoms with E-state index in [1.165, 1.54) is 55.3 Å². The molecule has 11 rings (SSSR count). The van der Waals surface area contributed by atoms with Gasteiger partial charge in [-0.15, -0.1) is 0 Å². The molecular weight excluding hydrogens is 725 g/mol. The van der Waals surface area contributed by atoms with Crippen LogP contribution in [0.2, 0.25) is 0 Å². The Morgan fingerprint density at radius 2 is 0.467 bits per heavy atom. The minimum Gasteiger partial charge on any atom is -0.247 e. The van der Waals surface area contributed by atoms with E-state index in [9.17, 15) is 0 Å². The molecule has 2 heteroatoms. The van der Waals surface area contributed by atoms with Gasteiger partial charge in [0.25, 0.3) is 0 Å². The van der Waals surface area contributed by atoms with Crippen molar-refractivity contribution in [3.63, 3.8) is 0 Å². The summed E-state index contributed by atoms with van der Waals surface area (Å²) in [5.41, 5.74) is 17.3. The highest BCUT2D eigenvalue weighted by Gasteiger charge is 2.23. The van der Waals surface area contributed by atoms with Gasteiger partial charge < -0.3 is 0 Å². The Kier molecular flexibility index (Phi) is 8.87. The van der Waals surface area contributed by atoms with Gasteiger partial charge in [0, 0.05) is 22.3 Å². The molecule has 60 heavy (non-hydrogen) atoms. The molecule has 0 aliphatic carbocycles. The second-order valence-electron chi connectivity index (χ2n) is 15.3. The molecule has 1 aliphatic heterocycles. The summed E-state index contributed by atoms with van der Waals surface area (Å²) >= 11 is 0. The summed E-state index contributed by atoms with van der Waals surface area (Å²) < 4.78 is 0. The van der Waals surface area contributed by atoms with E-state index in [1.807, 2.05) is 0 Å². The molecule has 2 nitrogen and oxygen atoms in total. The van der Waals surface area contributed by atoms with Gasteiger partial charge in [0.05, 0.1) is 22.8 Å². The van der Waals surface area contributed by atoms with Gasteiger partial charge in [-0.2, -0.15) is 0 Å². The molecule has 0 fully saturated rings. The molecule has 0 saturated carbocycles. The van der Waals surface area contributed by atoms with Crippen LogP contribution in [0.25, 0.3) is 66.1 Å². The largest absolute Gasteiger partial charge is 0.247 e. The summed E-state index contributed by atoms with van der Waals surface area (Å²) in [5, 5.41) is 4.67. The molecule has 0 N–H and O–H groups in total. The highest BCUT2D eigenvalue weighted by Crippen LogP contribution is 2.39. The van der Waals surface area contributed by atoms with Crippen molar-refractivity contribution in [3.05, 3.63) is 253 Å². The van der Waals surface area contributed by atoms with Crippen molar-refractivity contribution < 1.29 is 0 Å². The van der Waals surface area contributed by atoms with Crippen LogP contribution in [0.1, 0.15) is 22.3 Å². The third kappa shape index (κ3) is 6.32. The lowest BCUT2D eigenvalue weighted by molar-refractivity contribution is 1.40. The predicted octanol–water partition coefficient (Wildman–Crippen LogP) is 15.3. The number of fused-ring (bicyclic) bond motifs is 4. The first-order chi connectivity index (χ1) is 29.8. The molecular formula is C58H38N2. The summed E-state index contributed by atoms with van der Waals surface area (Å²) in [6.07, 6.45) is 0. The third-order valence-electron chi connectivity index (χ3n) is 11.7. The fourth-order valence-electron chi connectivity index (χ4n) is 8.80. The van der Waals surface area contributed by atoms with Crippen LogP contribution in [-0.4, -0.2) is 11.4 Å². The van der Waals surface area contributed by atoms with E-state index in [4.69, 9.17) is 9.98 Å². The first kappa shape index (κ1) is 35.2. The minimum absolute atomic E-state index is 0.884. The SMILES string of the molecule is c1ccc(-c2ccc(-c3cccc4c(/C5=N/c6ccccc6/C(c6cccc7c(-c8ccc(-c9ccccc9)cc8)cccc67)=N\c6ccccc65)cccc34)cc2)cc1. The van der Waals surface area contributed by atoms with Crippen LogP contribution in [0.5, 0.6) is 0 Å². The summed E-state index contributed by atoms with van der Waals surface area (Å²) in [6.45, 7) is 0. The third-order valence-corrected chi connectivity index (χ3v) is 11.7. The van der Waals surface area contributed by atoms with Crippen LogP contribution < -0.4 is 0 Å². The Labute approximate surface area is 350 Å². The monoisotopic (exact) mass is 762 g/mol. The molecule has 0 aromatic heterocycles.